The maximum atomic E-state index is 12.8. The van der Waals surface area contributed by atoms with E-state index in [1.165, 1.54) is 4.90 Å². The van der Waals surface area contributed by atoms with E-state index < -0.39 is 12.7 Å². The molecule has 0 aliphatic heterocycles. The molecule has 1 N–H and O–H groups in total. The van der Waals surface area contributed by atoms with E-state index in [4.69, 9.17) is 0 Å². The zero-order chi connectivity index (χ0) is 16.0. The van der Waals surface area contributed by atoms with Crippen LogP contribution in [0.5, 0.6) is 0 Å². The average molecular weight is 367 g/mol. The smallest absolute Gasteiger partial charge is 0.360 e. The number of hydrogen-bond donors (Lipinski definition) is 1. The van der Waals surface area contributed by atoms with Crippen molar-refractivity contribution in [1.29, 1.82) is 0 Å². The summed E-state index contributed by atoms with van der Waals surface area (Å²) in [6.07, 6.45) is -3.23. The number of anilines is 1. The second kappa shape index (κ2) is 8.03. The van der Waals surface area contributed by atoms with E-state index in [1.54, 1.807) is 19.9 Å². The molecule has 0 radical (unpaired) electrons. The number of hydrogen-bond acceptors (Lipinski definition) is 2. The molecule has 0 unspecified atom stereocenters. The van der Waals surface area contributed by atoms with Gasteiger partial charge in [0.05, 0.1) is 0 Å². The molecule has 0 aliphatic carbocycles. The standard InChI is InChI=1S/C15H22BrF3N2/c1-4-7-20-9-12-5-6-13(16)8-14(12)21(11(2)3)10-15(17,18)19/h5-6,8,11,20H,4,7,9-10H2,1-3H3. The van der Waals surface area contributed by atoms with Crippen LogP contribution in [0.25, 0.3) is 0 Å². The van der Waals surface area contributed by atoms with E-state index in [-0.39, 0.29) is 6.04 Å². The minimum atomic E-state index is -4.22. The third-order valence-corrected chi connectivity index (χ3v) is 3.57. The van der Waals surface area contributed by atoms with Gasteiger partial charge in [-0.15, -0.1) is 0 Å². The summed E-state index contributed by atoms with van der Waals surface area (Å²) in [7, 11) is 0. The van der Waals surface area contributed by atoms with Gasteiger partial charge in [-0.3, -0.25) is 0 Å². The molecule has 0 bridgehead atoms. The molecule has 0 saturated heterocycles. The number of halogens is 4. The Bertz CT molecular complexity index is 447. The van der Waals surface area contributed by atoms with E-state index in [2.05, 4.69) is 28.2 Å². The highest BCUT2D eigenvalue weighted by atomic mass is 79.9. The molecule has 0 heterocycles. The summed E-state index contributed by atoms with van der Waals surface area (Å²) >= 11 is 3.35. The fraction of sp³-hybridized carbons (Fsp3) is 0.600. The lowest BCUT2D eigenvalue weighted by molar-refractivity contribution is -0.120. The monoisotopic (exact) mass is 366 g/mol. The molecule has 0 saturated carbocycles. The van der Waals surface area contributed by atoms with Crippen molar-refractivity contribution in [1.82, 2.24) is 5.32 Å². The van der Waals surface area contributed by atoms with Crippen molar-refractivity contribution in [3.8, 4) is 0 Å². The van der Waals surface area contributed by atoms with Crippen LogP contribution < -0.4 is 10.2 Å². The van der Waals surface area contributed by atoms with Crippen LogP contribution in [0.1, 0.15) is 32.8 Å². The van der Waals surface area contributed by atoms with E-state index >= 15 is 0 Å². The first-order valence-electron chi connectivity index (χ1n) is 7.07. The van der Waals surface area contributed by atoms with Crippen molar-refractivity contribution >= 4 is 21.6 Å². The van der Waals surface area contributed by atoms with Gasteiger partial charge in [0.1, 0.15) is 6.54 Å². The molecule has 0 aromatic heterocycles. The lowest BCUT2D eigenvalue weighted by atomic mass is 10.1. The van der Waals surface area contributed by atoms with Gasteiger partial charge in [-0.05, 0) is 44.5 Å². The van der Waals surface area contributed by atoms with Crippen molar-refractivity contribution in [3.05, 3.63) is 28.2 Å². The molecule has 0 aliphatic rings. The molecule has 1 rings (SSSR count). The minimum absolute atomic E-state index is 0.231. The van der Waals surface area contributed by atoms with Crippen LogP contribution in [0.2, 0.25) is 0 Å². The maximum absolute atomic E-state index is 12.8. The molecule has 0 spiro atoms. The van der Waals surface area contributed by atoms with E-state index in [9.17, 15) is 13.2 Å². The highest BCUT2D eigenvalue weighted by Crippen LogP contribution is 2.30. The first kappa shape index (κ1) is 18.3. The topological polar surface area (TPSA) is 15.3 Å². The lowest BCUT2D eigenvalue weighted by Crippen LogP contribution is -2.40. The van der Waals surface area contributed by atoms with Crippen LogP contribution in [0.15, 0.2) is 22.7 Å². The Labute approximate surface area is 132 Å². The van der Waals surface area contributed by atoms with E-state index in [1.807, 2.05) is 12.1 Å². The second-order valence-electron chi connectivity index (χ2n) is 5.29. The van der Waals surface area contributed by atoms with Crippen LogP contribution in [0.4, 0.5) is 18.9 Å². The minimum Gasteiger partial charge on any atom is -0.360 e. The Balaban J connectivity index is 3.07. The summed E-state index contributed by atoms with van der Waals surface area (Å²) < 4.78 is 39.2. The number of rotatable bonds is 7. The molecule has 0 atom stereocenters. The Kier molecular flexibility index (Phi) is 7.00. The fourth-order valence-electron chi connectivity index (χ4n) is 2.09. The molecule has 0 fully saturated rings. The molecule has 6 heteroatoms. The molecule has 1 aromatic rings. The summed E-state index contributed by atoms with van der Waals surface area (Å²) in [4.78, 5) is 1.40. The zero-order valence-electron chi connectivity index (χ0n) is 12.6. The van der Waals surface area contributed by atoms with Crippen LogP contribution in [0.3, 0.4) is 0 Å². The fourth-order valence-corrected chi connectivity index (χ4v) is 2.44. The van der Waals surface area contributed by atoms with Crippen molar-refractivity contribution in [2.45, 2.75) is 46.0 Å². The highest BCUT2D eigenvalue weighted by Gasteiger charge is 2.32. The molecule has 120 valence electrons. The van der Waals surface area contributed by atoms with Gasteiger partial charge in [0, 0.05) is 22.7 Å². The SMILES string of the molecule is CCCNCc1ccc(Br)cc1N(CC(F)(F)F)C(C)C. The Morgan fingerprint density at radius 2 is 1.95 bits per heavy atom. The van der Waals surface area contributed by atoms with Crippen molar-refractivity contribution < 1.29 is 13.2 Å². The third-order valence-electron chi connectivity index (χ3n) is 3.07. The molecular weight excluding hydrogens is 345 g/mol. The number of nitrogens with one attached hydrogen (secondary N) is 1. The van der Waals surface area contributed by atoms with Gasteiger partial charge < -0.3 is 10.2 Å². The van der Waals surface area contributed by atoms with Crippen LogP contribution in [-0.2, 0) is 6.54 Å². The van der Waals surface area contributed by atoms with Crippen molar-refractivity contribution in [3.63, 3.8) is 0 Å². The van der Waals surface area contributed by atoms with E-state index in [0.717, 1.165) is 23.0 Å². The largest absolute Gasteiger partial charge is 0.405 e. The number of alkyl halides is 3. The van der Waals surface area contributed by atoms with Crippen LogP contribution in [0, 0.1) is 0 Å². The van der Waals surface area contributed by atoms with Gasteiger partial charge in [0.15, 0.2) is 0 Å². The summed E-state index contributed by atoms with van der Waals surface area (Å²) in [5.74, 6) is 0. The van der Waals surface area contributed by atoms with Gasteiger partial charge in [-0.25, -0.2) is 0 Å². The zero-order valence-corrected chi connectivity index (χ0v) is 14.2. The van der Waals surface area contributed by atoms with Crippen LogP contribution >= 0.6 is 15.9 Å². The lowest BCUT2D eigenvalue weighted by Gasteiger charge is -2.32. The number of nitrogens with zero attached hydrogens (tertiary/aromatic N) is 1. The first-order valence-corrected chi connectivity index (χ1v) is 7.86. The third kappa shape index (κ3) is 6.26. The van der Waals surface area contributed by atoms with Crippen molar-refractivity contribution in [2.24, 2.45) is 0 Å². The Morgan fingerprint density at radius 3 is 2.48 bits per heavy atom. The highest BCUT2D eigenvalue weighted by molar-refractivity contribution is 9.10. The predicted octanol–water partition coefficient (Wildman–Crippen LogP) is 4.73. The molecule has 1 aromatic carbocycles. The van der Waals surface area contributed by atoms with E-state index in [0.29, 0.717) is 12.2 Å². The van der Waals surface area contributed by atoms with Gasteiger partial charge >= 0.3 is 6.18 Å². The Hall–Kier alpha value is -0.750. The van der Waals surface area contributed by atoms with Gasteiger partial charge in [0.25, 0.3) is 0 Å². The van der Waals surface area contributed by atoms with Crippen molar-refractivity contribution in [2.75, 3.05) is 18.0 Å². The normalized spacial score (nSPS) is 12.0. The van der Waals surface area contributed by atoms with Gasteiger partial charge in [-0.1, -0.05) is 28.9 Å². The molecule has 0 amide bonds. The summed E-state index contributed by atoms with van der Waals surface area (Å²) in [5.41, 5.74) is 1.50. The average Bonchev–Trinajstić information content (AvgIpc) is 2.36. The maximum Gasteiger partial charge on any atom is 0.405 e. The quantitative estimate of drug-likeness (QED) is 0.702. The summed E-state index contributed by atoms with van der Waals surface area (Å²) in [6, 6.07) is 5.26. The van der Waals surface area contributed by atoms with Gasteiger partial charge in [-0.2, -0.15) is 13.2 Å². The predicted molar refractivity (Wildman–Crippen MR) is 84.7 cm³/mol. The molecular formula is C15H22BrF3N2. The molecule has 21 heavy (non-hydrogen) atoms. The summed E-state index contributed by atoms with van der Waals surface area (Å²) in [5, 5.41) is 3.24. The van der Waals surface area contributed by atoms with Crippen LogP contribution in [-0.4, -0.2) is 25.3 Å². The summed E-state index contributed by atoms with van der Waals surface area (Å²) in [6.45, 7) is 6.07. The van der Waals surface area contributed by atoms with Gasteiger partial charge in [0.2, 0.25) is 0 Å². The first-order chi connectivity index (χ1) is 9.74. The number of benzene rings is 1. The second-order valence-corrected chi connectivity index (χ2v) is 6.20. The molecule has 2 nitrogen and oxygen atoms in total. The Morgan fingerprint density at radius 1 is 1.29 bits per heavy atom.